The topological polar surface area (TPSA) is 67.7 Å². The van der Waals surface area contributed by atoms with Gasteiger partial charge in [-0.3, -0.25) is 14.3 Å². The normalized spacial score (nSPS) is 24.3. The Kier molecular flexibility index (Phi) is 3.72. The molecule has 0 N–H and O–H groups in total. The average molecular weight is 328 g/mol. The third kappa shape index (κ3) is 2.65. The van der Waals surface area contributed by atoms with Gasteiger partial charge in [0.2, 0.25) is 11.8 Å². The Balaban J connectivity index is 1.46. The monoisotopic (exact) mass is 328 g/mol. The van der Waals surface area contributed by atoms with Gasteiger partial charge in [0.1, 0.15) is 6.54 Å². The van der Waals surface area contributed by atoms with E-state index >= 15 is 0 Å². The second kappa shape index (κ2) is 5.90. The molecule has 1 aromatic heterocycles. The lowest BCUT2D eigenvalue weighted by molar-refractivity contribution is -0.134. The van der Waals surface area contributed by atoms with Crippen molar-refractivity contribution in [3.05, 3.63) is 30.5 Å². The van der Waals surface area contributed by atoms with Gasteiger partial charge in [0.25, 0.3) is 0 Å². The summed E-state index contributed by atoms with van der Waals surface area (Å²) in [6.45, 7) is 1.68. The van der Waals surface area contributed by atoms with Gasteiger partial charge in [-0.05, 0) is 6.07 Å². The molecular weight excluding hydrogens is 308 g/mol. The Morgan fingerprint density at radius 2 is 2.17 bits per heavy atom. The summed E-state index contributed by atoms with van der Waals surface area (Å²) in [5, 5.41) is 5.45. The van der Waals surface area contributed by atoms with Crippen LogP contribution in [-0.4, -0.2) is 70.3 Å². The summed E-state index contributed by atoms with van der Waals surface area (Å²) in [6, 6.07) is 7.74. The molecule has 0 saturated carbocycles. The number of fused-ring (bicyclic) bond motifs is 2. The first-order valence-electron chi connectivity index (χ1n) is 8.19. The fourth-order valence-electron chi connectivity index (χ4n) is 3.49. The molecule has 3 heterocycles. The zero-order valence-electron chi connectivity index (χ0n) is 13.6. The molecule has 2 saturated heterocycles. The highest BCUT2D eigenvalue weighted by atomic mass is 16.5. The Morgan fingerprint density at radius 3 is 3.00 bits per heavy atom. The highest BCUT2D eigenvalue weighted by Gasteiger charge is 2.41. The van der Waals surface area contributed by atoms with Crippen LogP contribution in [-0.2, 0) is 20.9 Å². The number of hydrogen-bond donors (Lipinski definition) is 0. The van der Waals surface area contributed by atoms with Gasteiger partial charge in [-0.25, -0.2) is 0 Å². The van der Waals surface area contributed by atoms with Gasteiger partial charge in [0.05, 0.1) is 30.7 Å². The molecule has 2 aromatic rings. The molecule has 4 rings (SSSR count). The second-order valence-electron chi connectivity index (χ2n) is 6.42. The fourth-order valence-corrected chi connectivity index (χ4v) is 3.49. The van der Waals surface area contributed by atoms with E-state index in [1.807, 2.05) is 30.5 Å². The number of ether oxygens (including phenoxy) is 1. The summed E-state index contributed by atoms with van der Waals surface area (Å²) in [6.07, 6.45) is 2.20. The van der Waals surface area contributed by atoms with Gasteiger partial charge in [-0.1, -0.05) is 18.2 Å². The third-order valence-electron chi connectivity index (χ3n) is 4.89. The van der Waals surface area contributed by atoms with Crippen LogP contribution >= 0.6 is 0 Å². The first-order chi connectivity index (χ1) is 11.6. The van der Waals surface area contributed by atoms with E-state index in [4.69, 9.17) is 4.74 Å². The molecule has 2 amide bonds. The molecule has 7 heteroatoms. The van der Waals surface area contributed by atoms with Crippen LogP contribution in [0.3, 0.4) is 0 Å². The summed E-state index contributed by atoms with van der Waals surface area (Å²) in [5.41, 5.74) is 0.880. The largest absolute Gasteiger partial charge is 0.374 e. The SMILES string of the molecule is CN1C(=O)CCO[C@H]2CN(C(=O)Cn3cc4ccccc4n3)C[C@@H]21. The molecule has 24 heavy (non-hydrogen) atoms. The Hall–Kier alpha value is -2.41. The lowest BCUT2D eigenvalue weighted by Crippen LogP contribution is -2.43. The second-order valence-corrected chi connectivity index (χ2v) is 6.42. The van der Waals surface area contributed by atoms with Gasteiger partial charge < -0.3 is 14.5 Å². The van der Waals surface area contributed by atoms with E-state index in [-0.39, 0.29) is 30.5 Å². The molecule has 0 bridgehead atoms. The maximum atomic E-state index is 12.6. The minimum Gasteiger partial charge on any atom is -0.374 e. The van der Waals surface area contributed by atoms with Gasteiger partial charge in [0.15, 0.2) is 0 Å². The number of amides is 2. The van der Waals surface area contributed by atoms with Crippen molar-refractivity contribution in [2.75, 3.05) is 26.7 Å². The van der Waals surface area contributed by atoms with E-state index < -0.39 is 0 Å². The lowest BCUT2D eigenvalue weighted by atomic mass is 10.2. The fraction of sp³-hybridized carbons (Fsp3) is 0.471. The van der Waals surface area contributed by atoms with Crippen LogP contribution in [0.25, 0.3) is 10.9 Å². The highest BCUT2D eigenvalue weighted by molar-refractivity contribution is 5.80. The molecule has 2 aliphatic rings. The predicted octanol–water partition coefficient (Wildman–Crippen LogP) is 0.494. The van der Waals surface area contributed by atoms with Crippen LogP contribution in [0.4, 0.5) is 0 Å². The summed E-state index contributed by atoms with van der Waals surface area (Å²) in [5.74, 6) is 0.0791. The number of aromatic nitrogens is 2. The molecule has 0 aliphatic carbocycles. The first kappa shape index (κ1) is 15.1. The number of benzene rings is 1. The zero-order valence-corrected chi connectivity index (χ0v) is 13.6. The maximum absolute atomic E-state index is 12.6. The lowest BCUT2D eigenvalue weighted by Gasteiger charge is -2.25. The van der Waals surface area contributed by atoms with Crippen molar-refractivity contribution in [2.45, 2.75) is 25.1 Å². The molecule has 0 unspecified atom stereocenters. The number of likely N-dealkylation sites (N-methyl/N-ethyl adjacent to an activating group) is 1. The average Bonchev–Trinajstić information content (AvgIpc) is 3.14. The number of carbonyl (C=O) groups excluding carboxylic acids is 2. The number of hydrogen-bond acceptors (Lipinski definition) is 4. The highest BCUT2D eigenvalue weighted by Crippen LogP contribution is 2.22. The third-order valence-corrected chi connectivity index (χ3v) is 4.89. The number of nitrogens with zero attached hydrogens (tertiary/aromatic N) is 4. The molecule has 0 radical (unpaired) electrons. The quantitative estimate of drug-likeness (QED) is 0.805. The molecule has 2 fully saturated rings. The van der Waals surface area contributed by atoms with E-state index in [2.05, 4.69) is 5.10 Å². The molecule has 126 valence electrons. The van der Waals surface area contributed by atoms with E-state index in [1.54, 1.807) is 21.5 Å². The molecule has 0 spiro atoms. The smallest absolute Gasteiger partial charge is 0.244 e. The van der Waals surface area contributed by atoms with Crippen molar-refractivity contribution in [2.24, 2.45) is 0 Å². The van der Waals surface area contributed by atoms with Crippen molar-refractivity contribution < 1.29 is 14.3 Å². The number of likely N-dealkylation sites (tertiary alicyclic amines) is 1. The molecule has 7 nitrogen and oxygen atoms in total. The van der Waals surface area contributed by atoms with Gasteiger partial charge >= 0.3 is 0 Å². The van der Waals surface area contributed by atoms with Crippen molar-refractivity contribution in [3.63, 3.8) is 0 Å². The Morgan fingerprint density at radius 1 is 1.33 bits per heavy atom. The van der Waals surface area contributed by atoms with E-state index in [0.29, 0.717) is 26.1 Å². The van der Waals surface area contributed by atoms with Crippen LogP contribution in [0.2, 0.25) is 0 Å². The Bertz CT molecular complexity index is 754. The van der Waals surface area contributed by atoms with Crippen LogP contribution < -0.4 is 0 Å². The van der Waals surface area contributed by atoms with Crippen LogP contribution in [0, 0.1) is 0 Å². The van der Waals surface area contributed by atoms with E-state index in [1.165, 1.54) is 0 Å². The van der Waals surface area contributed by atoms with Gasteiger partial charge in [0, 0.05) is 31.7 Å². The van der Waals surface area contributed by atoms with Crippen molar-refractivity contribution in [3.8, 4) is 0 Å². The zero-order chi connectivity index (χ0) is 16.7. The van der Waals surface area contributed by atoms with E-state index in [0.717, 1.165) is 10.9 Å². The summed E-state index contributed by atoms with van der Waals surface area (Å²) < 4.78 is 7.45. The van der Waals surface area contributed by atoms with Crippen LogP contribution in [0.15, 0.2) is 30.5 Å². The summed E-state index contributed by atoms with van der Waals surface area (Å²) >= 11 is 0. The maximum Gasteiger partial charge on any atom is 0.244 e. The molecule has 2 aliphatic heterocycles. The van der Waals surface area contributed by atoms with Crippen LogP contribution in [0.5, 0.6) is 0 Å². The minimum absolute atomic E-state index is 0.000304. The molecule has 2 atom stereocenters. The molecular formula is C17H20N4O3. The number of rotatable bonds is 2. The minimum atomic E-state index is -0.0953. The summed E-state index contributed by atoms with van der Waals surface area (Å²) in [7, 11) is 1.79. The first-order valence-corrected chi connectivity index (χ1v) is 8.19. The standard InChI is InChI=1S/C17H20N4O3/c1-19-14-9-20(10-15(14)24-7-6-16(19)22)17(23)11-21-8-12-4-2-3-5-13(12)18-21/h2-5,8,14-15H,6-7,9-11H2,1H3/t14-,15-/m0/s1. The van der Waals surface area contributed by atoms with Gasteiger partial charge in [-0.15, -0.1) is 0 Å². The van der Waals surface area contributed by atoms with Crippen molar-refractivity contribution >= 4 is 22.7 Å². The molecule has 1 aromatic carbocycles. The Labute approximate surface area is 139 Å². The van der Waals surface area contributed by atoms with Crippen molar-refractivity contribution in [1.82, 2.24) is 19.6 Å². The predicted molar refractivity (Wildman–Crippen MR) is 87.2 cm³/mol. The van der Waals surface area contributed by atoms with Gasteiger partial charge in [-0.2, -0.15) is 5.10 Å². The summed E-state index contributed by atoms with van der Waals surface area (Å²) in [4.78, 5) is 28.1. The van der Waals surface area contributed by atoms with E-state index in [9.17, 15) is 9.59 Å². The van der Waals surface area contributed by atoms with Crippen LogP contribution in [0.1, 0.15) is 6.42 Å². The van der Waals surface area contributed by atoms with Crippen molar-refractivity contribution in [1.29, 1.82) is 0 Å². The number of carbonyl (C=O) groups is 2.